The topological polar surface area (TPSA) is 54.4 Å². The molecule has 1 aromatic rings. The van der Waals surface area contributed by atoms with Gasteiger partial charge in [-0.25, -0.2) is 0 Å². The Bertz CT molecular complexity index is 341. The second-order valence-corrected chi connectivity index (χ2v) is 3.86. The van der Waals surface area contributed by atoms with Gasteiger partial charge in [-0.2, -0.15) is 0 Å². The molecule has 0 aliphatic heterocycles. The molecule has 14 heavy (non-hydrogen) atoms. The molecule has 0 aromatic carbocycles. The molecule has 0 unspecified atom stereocenters. The van der Waals surface area contributed by atoms with E-state index in [0.29, 0.717) is 4.88 Å². The maximum Gasteiger partial charge on any atom is 0.303 e. The van der Waals surface area contributed by atoms with Crippen LogP contribution >= 0.6 is 11.3 Å². The number of thiophene rings is 1. The molecule has 3 nitrogen and oxygen atoms in total. The van der Waals surface area contributed by atoms with E-state index in [1.165, 1.54) is 11.3 Å². The molecule has 4 heteroatoms. The van der Waals surface area contributed by atoms with E-state index in [2.05, 4.69) is 0 Å². The fraction of sp³-hybridized carbons (Fsp3) is 0.400. The maximum atomic E-state index is 11.5. The number of aliphatic carboxylic acids is 1. The van der Waals surface area contributed by atoms with Crippen LogP contribution in [0.2, 0.25) is 0 Å². The van der Waals surface area contributed by atoms with Gasteiger partial charge >= 0.3 is 5.97 Å². The highest BCUT2D eigenvalue weighted by atomic mass is 32.1. The van der Waals surface area contributed by atoms with E-state index in [4.69, 9.17) is 5.11 Å². The molecule has 0 saturated carbocycles. The number of carbonyl (C=O) groups excluding carboxylic acids is 1. The van der Waals surface area contributed by atoms with Crippen LogP contribution in [0, 0.1) is 0 Å². The second-order valence-electron chi connectivity index (χ2n) is 2.95. The summed E-state index contributed by atoms with van der Waals surface area (Å²) in [5.41, 5.74) is 1.02. The van der Waals surface area contributed by atoms with Gasteiger partial charge in [-0.1, -0.05) is 6.92 Å². The van der Waals surface area contributed by atoms with Crippen molar-refractivity contribution in [1.29, 1.82) is 0 Å². The highest BCUT2D eigenvalue weighted by Gasteiger charge is 2.12. The molecule has 1 aromatic heterocycles. The molecule has 0 spiro atoms. The van der Waals surface area contributed by atoms with Gasteiger partial charge in [-0.15, -0.1) is 11.3 Å². The number of carbonyl (C=O) groups is 2. The second kappa shape index (κ2) is 4.91. The third kappa shape index (κ3) is 2.67. The molecule has 0 amide bonds. The van der Waals surface area contributed by atoms with Gasteiger partial charge in [0.2, 0.25) is 0 Å². The van der Waals surface area contributed by atoms with E-state index >= 15 is 0 Å². The first-order valence-corrected chi connectivity index (χ1v) is 5.34. The smallest absolute Gasteiger partial charge is 0.303 e. The van der Waals surface area contributed by atoms with Crippen molar-refractivity contribution in [3.05, 3.63) is 21.9 Å². The average molecular weight is 212 g/mol. The summed E-state index contributed by atoms with van der Waals surface area (Å²) in [6, 6.07) is 1.92. The van der Waals surface area contributed by atoms with E-state index in [0.717, 1.165) is 12.0 Å². The van der Waals surface area contributed by atoms with Gasteiger partial charge in [-0.3, -0.25) is 9.59 Å². The van der Waals surface area contributed by atoms with Crippen molar-refractivity contribution >= 4 is 23.1 Å². The Balaban J connectivity index is 2.64. The molecule has 1 rings (SSSR count). The number of hydrogen-bond donors (Lipinski definition) is 1. The van der Waals surface area contributed by atoms with Crippen molar-refractivity contribution in [3.8, 4) is 0 Å². The fourth-order valence-electron chi connectivity index (χ4n) is 1.19. The summed E-state index contributed by atoms with van der Waals surface area (Å²) in [5.74, 6) is -0.979. The van der Waals surface area contributed by atoms with Crippen LogP contribution in [0.1, 0.15) is 35.0 Å². The van der Waals surface area contributed by atoms with E-state index in [-0.39, 0.29) is 18.6 Å². The average Bonchev–Trinajstić information content (AvgIpc) is 2.61. The SMILES string of the molecule is CCc1ccsc1C(=O)CCC(=O)O. The minimum atomic E-state index is -0.923. The van der Waals surface area contributed by atoms with Gasteiger partial charge in [0.1, 0.15) is 0 Å². The Morgan fingerprint density at radius 2 is 2.14 bits per heavy atom. The third-order valence-corrected chi connectivity index (χ3v) is 2.94. The van der Waals surface area contributed by atoms with E-state index in [1.54, 1.807) is 0 Å². The lowest BCUT2D eigenvalue weighted by molar-refractivity contribution is -0.136. The Morgan fingerprint density at radius 3 is 2.71 bits per heavy atom. The van der Waals surface area contributed by atoms with Crippen LogP contribution in [0.25, 0.3) is 0 Å². The van der Waals surface area contributed by atoms with Crippen molar-refractivity contribution in [1.82, 2.24) is 0 Å². The van der Waals surface area contributed by atoms with Crippen LogP contribution in [-0.2, 0) is 11.2 Å². The van der Waals surface area contributed by atoms with E-state index in [9.17, 15) is 9.59 Å². The molecule has 1 N–H and O–H groups in total. The fourth-order valence-corrected chi connectivity index (χ4v) is 2.16. The molecule has 1 heterocycles. The maximum absolute atomic E-state index is 11.5. The summed E-state index contributed by atoms with van der Waals surface area (Å²) in [6.45, 7) is 1.98. The number of ketones is 1. The molecule has 76 valence electrons. The van der Waals surface area contributed by atoms with Crippen LogP contribution in [0.5, 0.6) is 0 Å². The van der Waals surface area contributed by atoms with Crippen molar-refractivity contribution in [3.63, 3.8) is 0 Å². The lowest BCUT2D eigenvalue weighted by atomic mass is 10.1. The largest absolute Gasteiger partial charge is 0.481 e. The van der Waals surface area contributed by atoms with Crippen molar-refractivity contribution < 1.29 is 14.7 Å². The molecular formula is C10H12O3S. The van der Waals surface area contributed by atoms with Gasteiger partial charge in [0.15, 0.2) is 5.78 Å². The first-order valence-electron chi connectivity index (χ1n) is 4.46. The highest BCUT2D eigenvalue weighted by Crippen LogP contribution is 2.19. The van der Waals surface area contributed by atoms with E-state index in [1.807, 2.05) is 18.4 Å². The van der Waals surface area contributed by atoms with Crippen molar-refractivity contribution in [2.24, 2.45) is 0 Å². The molecule has 0 aliphatic rings. The lowest BCUT2D eigenvalue weighted by Crippen LogP contribution is -2.03. The predicted molar refractivity (Wildman–Crippen MR) is 54.9 cm³/mol. The van der Waals surface area contributed by atoms with Crippen molar-refractivity contribution in [2.75, 3.05) is 0 Å². The Hall–Kier alpha value is -1.16. The molecular weight excluding hydrogens is 200 g/mol. The van der Waals surface area contributed by atoms with Gasteiger partial charge in [0.25, 0.3) is 0 Å². The number of carboxylic acids is 1. The monoisotopic (exact) mass is 212 g/mol. The first-order chi connectivity index (χ1) is 6.65. The summed E-state index contributed by atoms with van der Waals surface area (Å²) in [5, 5.41) is 10.3. The van der Waals surface area contributed by atoms with Gasteiger partial charge in [-0.05, 0) is 23.4 Å². The van der Waals surface area contributed by atoms with Crippen LogP contribution in [0.4, 0.5) is 0 Å². The summed E-state index contributed by atoms with van der Waals surface area (Å²) in [4.78, 5) is 22.5. The number of hydrogen-bond acceptors (Lipinski definition) is 3. The summed E-state index contributed by atoms with van der Waals surface area (Å²) >= 11 is 1.39. The molecule has 0 fully saturated rings. The zero-order chi connectivity index (χ0) is 10.6. The Labute approximate surface area is 86.4 Å². The standard InChI is InChI=1S/C10H12O3S/c1-2-7-5-6-14-10(7)8(11)3-4-9(12)13/h5-6H,2-4H2,1H3,(H,12,13). The van der Waals surface area contributed by atoms with Gasteiger partial charge < -0.3 is 5.11 Å². The minimum Gasteiger partial charge on any atom is -0.481 e. The molecule has 0 bridgehead atoms. The van der Waals surface area contributed by atoms with Crippen LogP contribution < -0.4 is 0 Å². The molecule has 0 saturated heterocycles. The third-order valence-electron chi connectivity index (χ3n) is 1.95. The van der Waals surface area contributed by atoms with Crippen molar-refractivity contribution in [2.45, 2.75) is 26.2 Å². The molecule has 0 aliphatic carbocycles. The summed E-state index contributed by atoms with van der Waals surface area (Å²) in [6.07, 6.45) is 0.834. The summed E-state index contributed by atoms with van der Waals surface area (Å²) in [7, 11) is 0. The molecule has 0 atom stereocenters. The number of aryl methyl sites for hydroxylation is 1. The first kappa shape index (κ1) is 10.9. The number of carboxylic acid groups (broad SMARTS) is 1. The molecule has 0 radical (unpaired) electrons. The van der Waals surface area contributed by atoms with Crippen LogP contribution in [-0.4, -0.2) is 16.9 Å². The number of rotatable bonds is 5. The predicted octanol–water partition coefficient (Wildman–Crippen LogP) is 2.36. The highest BCUT2D eigenvalue weighted by molar-refractivity contribution is 7.12. The van der Waals surface area contributed by atoms with Crippen LogP contribution in [0.3, 0.4) is 0 Å². The summed E-state index contributed by atoms with van der Waals surface area (Å²) < 4.78 is 0. The zero-order valence-corrected chi connectivity index (χ0v) is 8.76. The van der Waals surface area contributed by atoms with Crippen LogP contribution in [0.15, 0.2) is 11.4 Å². The lowest BCUT2D eigenvalue weighted by Gasteiger charge is -1.98. The van der Waals surface area contributed by atoms with Gasteiger partial charge in [0, 0.05) is 6.42 Å². The minimum absolute atomic E-state index is 0.0562. The van der Waals surface area contributed by atoms with E-state index < -0.39 is 5.97 Å². The zero-order valence-electron chi connectivity index (χ0n) is 7.95. The van der Waals surface area contributed by atoms with Gasteiger partial charge in [0.05, 0.1) is 11.3 Å². The Morgan fingerprint density at radius 1 is 1.43 bits per heavy atom. The number of Topliss-reactive ketones (excluding diaryl/α,β-unsaturated/α-hetero) is 1. The quantitative estimate of drug-likeness (QED) is 0.762. The Kier molecular flexibility index (Phi) is 3.83. The normalized spacial score (nSPS) is 10.1.